The Morgan fingerprint density at radius 1 is 1.24 bits per heavy atom. The van der Waals surface area contributed by atoms with Crippen LogP contribution < -0.4 is 10.5 Å². The first-order chi connectivity index (χ1) is 7.97. The number of hydrogen-bond acceptors (Lipinski definition) is 3. The van der Waals surface area contributed by atoms with Gasteiger partial charge in [0.25, 0.3) is 0 Å². The minimum atomic E-state index is -4.37. The van der Waals surface area contributed by atoms with Crippen LogP contribution in [0.2, 0.25) is 0 Å². The van der Waals surface area contributed by atoms with Crippen LogP contribution in [-0.4, -0.2) is 17.8 Å². The predicted molar refractivity (Wildman–Crippen MR) is 57.7 cm³/mol. The van der Waals surface area contributed by atoms with E-state index in [1.165, 1.54) is 18.3 Å². The lowest BCUT2D eigenvalue weighted by molar-refractivity contribution is -0.153. The molecule has 0 spiro atoms. The van der Waals surface area contributed by atoms with E-state index in [9.17, 15) is 13.2 Å². The largest absolute Gasteiger partial charge is 0.483 e. The number of ether oxygens (including phenoxy) is 1. The third-order valence-corrected chi connectivity index (χ3v) is 2.15. The summed E-state index contributed by atoms with van der Waals surface area (Å²) in [5.41, 5.74) is 6.51. The summed E-state index contributed by atoms with van der Waals surface area (Å²) in [5.74, 6) is 0.125. The fourth-order valence-electron chi connectivity index (χ4n) is 1.45. The molecule has 2 aromatic rings. The minimum absolute atomic E-state index is 0.125. The Morgan fingerprint density at radius 3 is 2.71 bits per heavy atom. The van der Waals surface area contributed by atoms with Gasteiger partial charge in [-0.15, -0.1) is 0 Å². The van der Waals surface area contributed by atoms with Crippen LogP contribution in [0.3, 0.4) is 0 Å². The molecule has 0 unspecified atom stereocenters. The molecule has 0 saturated carbocycles. The van der Waals surface area contributed by atoms with Crippen molar-refractivity contribution in [1.29, 1.82) is 0 Å². The maximum absolute atomic E-state index is 12.1. The lowest BCUT2D eigenvalue weighted by Gasteiger charge is -2.11. The van der Waals surface area contributed by atoms with Crippen LogP contribution >= 0.6 is 0 Å². The van der Waals surface area contributed by atoms with E-state index in [0.29, 0.717) is 16.6 Å². The fourth-order valence-corrected chi connectivity index (χ4v) is 1.45. The van der Waals surface area contributed by atoms with Crippen molar-refractivity contribution >= 4 is 16.6 Å². The summed E-state index contributed by atoms with van der Waals surface area (Å²) in [5, 5.41) is 0.469. The Bertz CT molecular complexity index is 540. The van der Waals surface area contributed by atoms with Crippen molar-refractivity contribution in [3.63, 3.8) is 0 Å². The van der Waals surface area contributed by atoms with Gasteiger partial charge in [0.1, 0.15) is 5.75 Å². The Balaban J connectivity index is 2.38. The lowest BCUT2D eigenvalue weighted by atomic mass is 10.2. The highest BCUT2D eigenvalue weighted by Gasteiger charge is 2.28. The van der Waals surface area contributed by atoms with E-state index in [2.05, 4.69) is 4.98 Å². The summed E-state index contributed by atoms with van der Waals surface area (Å²) < 4.78 is 40.9. The molecule has 0 aliphatic heterocycles. The molecular weight excluding hydrogens is 233 g/mol. The molecule has 0 amide bonds. The second-order valence-corrected chi connectivity index (χ2v) is 3.46. The van der Waals surface area contributed by atoms with E-state index in [-0.39, 0.29) is 5.75 Å². The van der Waals surface area contributed by atoms with Gasteiger partial charge >= 0.3 is 6.18 Å². The van der Waals surface area contributed by atoms with Gasteiger partial charge in [-0.3, -0.25) is 4.98 Å². The first-order valence-corrected chi connectivity index (χ1v) is 4.80. The van der Waals surface area contributed by atoms with E-state index in [0.717, 1.165) is 0 Å². The number of pyridine rings is 1. The second kappa shape index (κ2) is 4.12. The normalized spacial score (nSPS) is 11.7. The number of rotatable bonds is 2. The summed E-state index contributed by atoms with van der Waals surface area (Å²) in [6.45, 7) is -1.33. The number of nitrogens with zero attached hydrogens (tertiary/aromatic N) is 1. The average molecular weight is 242 g/mol. The highest BCUT2D eigenvalue weighted by atomic mass is 19.4. The quantitative estimate of drug-likeness (QED) is 0.824. The smallest absolute Gasteiger partial charge is 0.422 e. The molecule has 90 valence electrons. The van der Waals surface area contributed by atoms with Crippen LogP contribution in [-0.2, 0) is 0 Å². The summed E-state index contributed by atoms with van der Waals surface area (Å²) in [4.78, 5) is 4.00. The van der Waals surface area contributed by atoms with Crippen molar-refractivity contribution in [2.24, 2.45) is 0 Å². The van der Waals surface area contributed by atoms with Crippen LogP contribution in [0.15, 0.2) is 30.5 Å². The summed E-state index contributed by atoms with van der Waals surface area (Å²) in [6, 6.07) is 6.11. The van der Waals surface area contributed by atoms with Gasteiger partial charge in [0.05, 0.1) is 11.2 Å². The maximum Gasteiger partial charge on any atom is 0.422 e. The monoisotopic (exact) mass is 242 g/mol. The Kier molecular flexibility index (Phi) is 2.79. The van der Waals surface area contributed by atoms with Gasteiger partial charge in [-0.25, -0.2) is 0 Å². The van der Waals surface area contributed by atoms with E-state index < -0.39 is 12.8 Å². The molecule has 2 N–H and O–H groups in total. The van der Waals surface area contributed by atoms with Crippen LogP contribution in [0.4, 0.5) is 18.9 Å². The van der Waals surface area contributed by atoms with Crippen LogP contribution in [0, 0.1) is 0 Å². The SMILES string of the molecule is Nc1ccc(OCC(F)(F)F)c2cccnc12. The van der Waals surface area contributed by atoms with E-state index in [1.807, 2.05) is 0 Å². The second-order valence-electron chi connectivity index (χ2n) is 3.46. The zero-order valence-electron chi connectivity index (χ0n) is 8.66. The average Bonchev–Trinajstić information content (AvgIpc) is 2.27. The zero-order chi connectivity index (χ0) is 12.5. The number of anilines is 1. The van der Waals surface area contributed by atoms with Gasteiger partial charge in [-0.2, -0.15) is 13.2 Å². The van der Waals surface area contributed by atoms with Gasteiger partial charge in [0.2, 0.25) is 0 Å². The molecule has 1 heterocycles. The lowest BCUT2D eigenvalue weighted by Crippen LogP contribution is -2.19. The predicted octanol–water partition coefficient (Wildman–Crippen LogP) is 2.76. The number of hydrogen-bond donors (Lipinski definition) is 1. The van der Waals surface area contributed by atoms with Crippen molar-refractivity contribution < 1.29 is 17.9 Å². The molecule has 6 heteroatoms. The maximum atomic E-state index is 12.1. The Labute approximate surface area is 95.0 Å². The Hall–Kier alpha value is -1.98. The summed E-state index contributed by atoms with van der Waals surface area (Å²) >= 11 is 0. The van der Waals surface area contributed by atoms with Gasteiger partial charge in [-0.05, 0) is 24.3 Å². The third kappa shape index (κ3) is 2.58. The third-order valence-electron chi connectivity index (χ3n) is 2.15. The molecular formula is C11H9F3N2O. The number of benzene rings is 1. The molecule has 0 fully saturated rings. The van der Waals surface area contributed by atoms with Gasteiger partial charge in [0.15, 0.2) is 6.61 Å². The molecule has 0 radical (unpaired) electrons. The highest BCUT2D eigenvalue weighted by molar-refractivity contribution is 5.93. The molecule has 1 aromatic heterocycles. The first-order valence-electron chi connectivity index (χ1n) is 4.80. The van der Waals surface area contributed by atoms with Crippen molar-refractivity contribution in [2.75, 3.05) is 12.3 Å². The molecule has 0 aliphatic carbocycles. The molecule has 0 saturated heterocycles. The van der Waals surface area contributed by atoms with Crippen LogP contribution in [0.1, 0.15) is 0 Å². The first kappa shape index (κ1) is 11.5. The van der Waals surface area contributed by atoms with E-state index in [4.69, 9.17) is 10.5 Å². The van der Waals surface area contributed by atoms with Crippen molar-refractivity contribution in [3.05, 3.63) is 30.5 Å². The van der Waals surface area contributed by atoms with Crippen molar-refractivity contribution in [1.82, 2.24) is 4.98 Å². The van der Waals surface area contributed by atoms with Gasteiger partial charge in [0, 0.05) is 11.6 Å². The topological polar surface area (TPSA) is 48.1 Å². The number of aromatic nitrogens is 1. The van der Waals surface area contributed by atoms with Crippen LogP contribution in [0.5, 0.6) is 5.75 Å². The van der Waals surface area contributed by atoms with Crippen molar-refractivity contribution in [3.8, 4) is 5.75 Å². The number of alkyl halides is 3. The number of nitrogens with two attached hydrogens (primary N) is 1. The number of fused-ring (bicyclic) bond motifs is 1. The number of nitrogen functional groups attached to an aromatic ring is 1. The zero-order valence-corrected chi connectivity index (χ0v) is 8.66. The Morgan fingerprint density at radius 2 is 2.00 bits per heavy atom. The summed E-state index contributed by atoms with van der Waals surface area (Å²) in [7, 11) is 0. The van der Waals surface area contributed by atoms with E-state index in [1.54, 1.807) is 12.1 Å². The summed E-state index contributed by atoms with van der Waals surface area (Å²) in [6.07, 6.45) is -2.85. The fraction of sp³-hybridized carbons (Fsp3) is 0.182. The van der Waals surface area contributed by atoms with Gasteiger partial charge < -0.3 is 10.5 Å². The standard InChI is InChI=1S/C11H9F3N2O/c12-11(13,14)6-17-9-4-3-8(15)10-7(9)2-1-5-16-10/h1-5H,6,15H2. The number of halogens is 3. The van der Waals surface area contributed by atoms with Crippen LogP contribution in [0.25, 0.3) is 10.9 Å². The molecule has 2 rings (SSSR count). The minimum Gasteiger partial charge on any atom is -0.483 e. The van der Waals surface area contributed by atoms with Gasteiger partial charge in [-0.1, -0.05) is 0 Å². The molecule has 17 heavy (non-hydrogen) atoms. The highest BCUT2D eigenvalue weighted by Crippen LogP contribution is 2.29. The molecule has 0 bridgehead atoms. The van der Waals surface area contributed by atoms with E-state index >= 15 is 0 Å². The molecule has 0 atom stereocenters. The van der Waals surface area contributed by atoms with Crippen molar-refractivity contribution in [2.45, 2.75) is 6.18 Å². The molecule has 1 aromatic carbocycles. The molecule has 3 nitrogen and oxygen atoms in total. The molecule has 0 aliphatic rings.